The van der Waals surface area contributed by atoms with Crippen molar-refractivity contribution in [3.63, 3.8) is 0 Å². The molecule has 3 heterocycles. The van der Waals surface area contributed by atoms with Crippen LogP contribution in [0.1, 0.15) is 51.8 Å². The summed E-state index contributed by atoms with van der Waals surface area (Å²) in [7, 11) is 3.68. The Morgan fingerprint density at radius 1 is 0.951 bits per heavy atom. The maximum Gasteiger partial charge on any atom is 0.416 e. The maximum atomic E-state index is 13.1. The smallest absolute Gasteiger partial charge is 0.374 e. The molecule has 41 heavy (non-hydrogen) atoms. The summed E-state index contributed by atoms with van der Waals surface area (Å²) in [5.74, 6) is 0. The minimum atomic E-state index is -4.40. The molecule has 6 nitrogen and oxygen atoms in total. The van der Waals surface area contributed by atoms with Crippen LogP contribution in [0.5, 0.6) is 0 Å². The molecule has 0 spiro atoms. The van der Waals surface area contributed by atoms with Gasteiger partial charge in [0, 0.05) is 54.7 Å². The van der Waals surface area contributed by atoms with E-state index in [1.807, 2.05) is 70.2 Å². The van der Waals surface area contributed by atoms with Crippen LogP contribution in [0.15, 0.2) is 66.5 Å². The summed E-state index contributed by atoms with van der Waals surface area (Å²) in [5.41, 5.74) is 7.00. The molecule has 10 heteroatoms. The van der Waals surface area contributed by atoms with Gasteiger partial charge in [0.2, 0.25) is 0 Å². The third-order valence-electron chi connectivity index (χ3n) is 7.69. The number of likely N-dealkylation sites (N-methyl/N-ethyl adjacent to an activating group) is 1. The fourth-order valence-corrected chi connectivity index (χ4v) is 5.70. The van der Waals surface area contributed by atoms with Crippen molar-refractivity contribution in [2.75, 3.05) is 14.1 Å². The predicted molar refractivity (Wildman–Crippen MR) is 154 cm³/mol. The number of nitrogens with zero attached hydrogens (tertiary/aromatic N) is 4. The van der Waals surface area contributed by atoms with E-state index in [0.29, 0.717) is 56.8 Å². The van der Waals surface area contributed by atoms with Crippen molar-refractivity contribution in [2.24, 2.45) is 0 Å². The lowest BCUT2D eigenvalue weighted by Gasteiger charge is -2.36. The Morgan fingerprint density at radius 2 is 1.63 bits per heavy atom. The van der Waals surface area contributed by atoms with Crippen molar-refractivity contribution in [3.8, 4) is 0 Å². The lowest BCUT2D eigenvalue weighted by Crippen LogP contribution is -2.43. The van der Waals surface area contributed by atoms with Gasteiger partial charge in [0.05, 0.1) is 21.8 Å². The van der Waals surface area contributed by atoms with Crippen LogP contribution in [0.3, 0.4) is 0 Å². The molecule has 0 bridgehead atoms. The lowest BCUT2D eigenvalue weighted by atomic mass is 9.81. The fraction of sp³-hybridized carbons (Fsp3) is 0.290. The van der Waals surface area contributed by atoms with E-state index in [-0.39, 0.29) is 0 Å². The van der Waals surface area contributed by atoms with Gasteiger partial charge < -0.3 is 10.5 Å². The Kier molecular flexibility index (Phi) is 7.48. The van der Waals surface area contributed by atoms with Gasteiger partial charge in [0.1, 0.15) is 0 Å². The van der Waals surface area contributed by atoms with Gasteiger partial charge >= 0.3 is 6.18 Å². The Bertz CT molecular complexity index is 1650. The second-order valence-electron chi connectivity index (χ2n) is 10.3. The minimum absolute atomic E-state index is 0.321. The number of pyridine rings is 2. The molecular weight excluding hydrogens is 551 g/mol. The first-order valence-corrected chi connectivity index (χ1v) is 13.6. The van der Waals surface area contributed by atoms with Crippen molar-refractivity contribution in [2.45, 2.75) is 45.4 Å². The molecule has 5 rings (SSSR count). The maximum absolute atomic E-state index is 13.1. The number of aryl methyl sites for hydroxylation is 3. The van der Waals surface area contributed by atoms with Gasteiger partial charge in [-0.25, -0.2) is 0 Å². The van der Waals surface area contributed by atoms with E-state index in [0.717, 1.165) is 29.1 Å². The Hall–Kier alpha value is -3.66. The van der Waals surface area contributed by atoms with E-state index in [2.05, 4.69) is 10.4 Å². The zero-order valence-corrected chi connectivity index (χ0v) is 24.2. The summed E-state index contributed by atoms with van der Waals surface area (Å²) in [6.45, 7) is 5.73. The quantitative estimate of drug-likeness (QED) is 0.273. The third kappa shape index (κ3) is 5.14. The number of hydrogen-bond acceptors (Lipinski definition) is 6. The predicted octanol–water partition coefficient (Wildman–Crippen LogP) is 6.45. The Morgan fingerprint density at radius 3 is 2.22 bits per heavy atom. The molecule has 2 aromatic carbocycles. The molecule has 0 fully saturated rings. The number of halogens is 4. The van der Waals surface area contributed by atoms with Crippen LogP contribution >= 0.6 is 11.6 Å². The SMILES string of the molecule is CCc1nc2ccc(C(O)(C3=CNN(C)N3C)c3ccc(C)nc3C)cc2c(Cl)c1Cc1ccc(C(F)(F)F)cc1. The molecule has 214 valence electrons. The van der Waals surface area contributed by atoms with E-state index >= 15 is 0 Å². The standard InChI is InChI=1S/C31H31ClF3N5O/c1-6-26-23(15-20-8-10-21(11-9-20)31(33,34)35)29(32)24-16-22(12-14-27(24)38-26)30(41,28-17-36-40(5)39(28)4)25-13-7-18(2)37-19(25)3/h7-14,16-17,36,41H,6,15H2,1-5H3. The highest BCUT2D eigenvalue weighted by Gasteiger charge is 2.43. The highest BCUT2D eigenvalue weighted by Crippen LogP contribution is 2.42. The molecule has 0 radical (unpaired) electrons. The van der Waals surface area contributed by atoms with E-state index in [1.54, 1.807) is 11.3 Å². The molecule has 4 aromatic rings. The molecular formula is C31H31ClF3N5O. The molecule has 1 unspecified atom stereocenters. The van der Waals surface area contributed by atoms with Crippen molar-refractivity contribution in [3.05, 3.63) is 116 Å². The third-order valence-corrected chi connectivity index (χ3v) is 8.12. The number of fused-ring (bicyclic) bond motifs is 1. The van der Waals surface area contributed by atoms with Crippen LogP contribution < -0.4 is 5.43 Å². The van der Waals surface area contributed by atoms with Gasteiger partial charge in [-0.2, -0.15) is 13.2 Å². The molecule has 1 atom stereocenters. The average molecular weight is 582 g/mol. The van der Waals surface area contributed by atoms with E-state index in [1.165, 1.54) is 12.1 Å². The molecule has 0 amide bonds. The largest absolute Gasteiger partial charge is 0.416 e. The van der Waals surface area contributed by atoms with Crippen molar-refractivity contribution >= 4 is 22.5 Å². The number of hydrazine groups is 2. The molecule has 1 aliphatic heterocycles. The summed E-state index contributed by atoms with van der Waals surface area (Å²) in [4.78, 5) is 9.47. The second-order valence-corrected chi connectivity index (χ2v) is 10.7. The molecule has 0 aliphatic carbocycles. The van der Waals surface area contributed by atoms with Crippen LogP contribution in [-0.4, -0.2) is 39.3 Å². The summed E-state index contributed by atoms with van der Waals surface area (Å²) < 4.78 is 39.3. The van der Waals surface area contributed by atoms with Gasteiger partial charge in [-0.05, 0) is 67.3 Å². The number of hydrogen-bond donors (Lipinski definition) is 2. The second kappa shape index (κ2) is 10.6. The van der Waals surface area contributed by atoms with E-state index in [4.69, 9.17) is 16.6 Å². The van der Waals surface area contributed by atoms with Crippen LogP contribution in [0, 0.1) is 13.8 Å². The van der Waals surface area contributed by atoms with Gasteiger partial charge in [-0.1, -0.05) is 42.8 Å². The Balaban J connectivity index is 1.66. The minimum Gasteiger partial charge on any atom is -0.374 e. The van der Waals surface area contributed by atoms with Crippen molar-refractivity contribution < 1.29 is 18.3 Å². The monoisotopic (exact) mass is 581 g/mol. The summed E-state index contributed by atoms with van der Waals surface area (Å²) in [5, 5.41) is 17.3. The zero-order chi connectivity index (χ0) is 29.7. The first-order chi connectivity index (χ1) is 19.3. The first-order valence-electron chi connectivity index (χ1n) is 13.2. The molecule has 2 aromatic heterocycles. The van der Waals surface area contributed by atoms with Crippen LogP contribution in [0.2, 0.25) is 5.02 Å². The van der Waals surface area contributed by atoms with Crippen molar-refractivity contribution in [1.82, 2.24) is 25.5 Å². The molecule has 0 saturated heterocycles. The fourth-order valence-electron chi connectivity index (χ4n) is 5.37. The first kappa shape index (κ1) is 28.9. The van der Waals surface area contributed by atoms with Crippen LogP contribution in [-0.2, 0) is 24.6 Å². The van der Waals surface area contributed by atoms with Crippen molar-refractivity contribution in [1.29, 1.82) is 0 Å². The lowest BCUT2D eigenvalue weighted by molar-refractivity contribution is -0.137. The van der Waals surface area contributed by atoms with E-state index < -0.39 is 17.3 Å². The van der Waals surface area contributed by atoms with Gasteiger partial charge in [-0.3, -0.25) is 15.0 Å². The van der Waals surface area contributed by atoms with Gasteiger partial charge in [-0.15, -0.1) is 5.12 Å². The number of aromatic nitrogens is 2. The number of rotatable bonds is 6. The van der Waals surface area contributed by atoms with Crippen LogP contribution in [0.4, 0.5) is 13.2 Å². The number of aliphatic hydroxyl groups is 1. The summed E-state index contributed by atoms with van der Waals surface area (Å²) >= 11 is 7.05. The zero-order valence-electron chi connectivity index (χ0n) is 23.4. The number of benzene rings is 2. The Labute approximate surface area is 242 Å². The summed E-state index contributed by atoms with van der Waals surface area (Å²) in [6, 6.07) is 14.4. The highest BCUT2D eigenvalue weighted by molar-refractivity contribution is 6.36. The highest BCUT2D eigenvalue weighted by atomic mass is 35.5. The normalized spacial score (nSPS) is 15.7. The molecule has 2 N–H and O–H groups in total. The average Bonchev–Trinajstić information content (AvgIpc) is 3.27. The molecule has 0 saturated carbocycles. The number of nitrogens with one attached hydrogen (secondary N) is 1. The van der Waals surface area contributed by atoms with Gasteiger partial charge in [0.15, 0.2) is 5.60 Å². The topological polar surface area (TPSA) is 64.5 Å². The van der Waals surface area contributed by atoms with Gasteiger partial charge in [0.25, 0.3) is 0 Å². The number of alkyl halides is 3. The van der Waals surface area contributed by atoms with E-state index in [9.17, 15) is 18.3 Å². The summed E-state index contributed by atoms with van der Waals surface area (Å²) in [6.07, 6.45) is -1.73. The van der Waals surface area contributed by atoms with Crippen LogP contribution in [0.25, 0.3) is 10.9 Å². The molecule has 1 aliphatic rings.